The highest BCUT2D eigenvalue weighted by Crippen LogP contribution is 2.40. The molecule has 1 aliphatic carbocycles. The molecule has 12 heteroatoms. The van der Waals surface area contributed by atoms with Gasteiger partial charge in [0, 0.05) is 22.9 Å². The van der Waals surface area contributed by atoms with Crippen LogP contribution in [0, 0.1) is 5.92 Å². The Morgan fingerprint density at radius 1 is 1.29 bits per heavy atom. The molecule has 2 aromatic heterocycles. The van der Waals surface area contributed by atoms with Crippen LogP contribution in [-0.2, 0) is 35.3 Å². The van der Waals surface area contributed by atoms with Gasteiger partial charge in [-0.05, 0) is 62.3 Å². The SMILES string of the molecule is CCn1c(CCCOc2ccc(Cl)cc2Cl)nnc1SCC(=O)Nc1sc2c(c1C(=O)OC)CCC(C)C2. The van der Waals surface area contributed by atoms with E-state index in [2.05, 4.69) is 22.4 Å². The highest BCUT2D eigenvalue weighted by atomic mass is 35.5. The van der Waals surface area contributed by atoms with Crippen LogP contribution < -0.4 is 10.1 Å². The molecule has 1 amide bonds. The molecule has 0 radical (unpaired) electrons. The number of anilines is 1. The molecule has 1 aromatic carbocycles. The van der Waals surface area contributed by atoms with E-state index < -0.39 is 5.97 Å². The summed E-state index contributed by atoms with van der Waals surface area (Å²) in [5.41, 5.74) is 1.51. The number of hydrogen-bond acceptors (Lipinski definition) is 8. The van der Waals surface area contributed by atoms with E-state index in [1.165, 1.54) is 30.2 Å². The zero-order valence-corrected chi connectivity index (χ0v) is 24.7. The summed E-state index contributed by atoms with van der Waals surface area (Å²) in [5, 5.41) is 13.8. The van der Waals surface area contributed by atoms with Crippen molar-refractivity contribution in [1.82, 2.24) is 14.8 Å². The lowest BCUT2D eigenvalue weighted by Gasteiger charge is -2.18. The second-order valence-electron chi connectivity index (χ2n) is 9.05. The van der Waals surface area contributed by atoms with Crippen LogP contribution in [-0.4, -0.2) is 46.1 Å². The van der Waals surface area contributed by atoms with Crippen molar-refractivity contribution in [2.45, 2.75) is 57.7 Å². The van der Waals surface area contributed by atoms with Crippen LogP contribution in [0.2, 0.25) is 10.0 Å². The van der Waals surface area contributed by atoms with Gasteiger partial charge in [-0.15, -0.1) is 21.5 Å². The molecular weight excluding hydrogens is 567 g/mol. The second kappa shape index (κ2) is 13.2. The minimum atomic E-state index is -0.405. The molecule has 8 nitrogen and oxygen atoms in total. The molecule has 38 heavy (non-hydrogen) atoms. The van der Waals surface area contributed by atoms with Gasteiger partial charge in [0.25, 0.3) is 0 Å². The number of halogens is 2. The minimum absolute atomic E-state index is 0.149. The molecule has 0 fully saturated rings. The topological polar surface area (TPSA) is 95.3 Å². The van der Waals surface area contributed by atoms with Crippen LogP contribution in [0.4, 0.5) is 5.00 Å². The van der Waals surface area contributed by atoms with Crippen molar-refractivity contribution in [2.75, 3.05) is 24.8 Å². The van der Waals surface area contributed by atoms with Gasteiger partial charge in [0.15, 0.2) is 5.16 Å². The predicted octanol–water partition coefficient (Wildman–Crippen LogP) is 6.32. The van der Waals surface area contributed by atoms with E-state index in [-0.39, 0.29) is 11.7 Å². The molecule has 1 aliphatic rings. The molecule has 4 rings (SSSR count). The number of fused-ring (bicyclic) bond motifs is 1. The first kappa shape index (κ1) is 28.7. The fourth-order valence-corrected chi connectivity index (χ4v) is 7.08. The standard InChI is InChI=1S/C26H30Cl2N4O4S2/c1-4-32-21(6-5-11-36-19-10-8-16(27)13-18(19)28)30-31-26(32)37-14-22(33)29-24-23(25(34)35-3)17-9-7-15(2)12-20(17)38-24/h8,10,13,15H,4-7,9,11-12,14H2,1-3H3,(H,29,33). The Labute approximate surface area is 240 Å². The molecule has 0 saturated carbocycles. The van der Waals surface area contributed by atoms with E-state index in [9.17, 15) is 9.59 Å². The van der Waals surface area contributed by atoms with Crippen molar-refractivity contribution in [2.24, 2.45) is 5.92 Å². The van der Waals surface area contributed by atoms with Gasteiger partial charge in [-0.1, -0.05) is 41.9 Å². The summed E-state index contributed by atoms with van der Waals surface area (Å²) < 4.78 is 12.8. The number of carbonyl (C=O) groups excluding carboxylic acids is 2. The third-order valence-electron chi connectivity index (χ3n) is 6.29. The maximum absolute atomic E-state index is 12.9. The molecule has 1 N–H and O–H groups in total. The highest BCUT2D eigenvalue weighted by Gasteiger charge is 2.29. The third-order valence-corrected chi connectivity index (χ3v) is 8.96. The Morgan fingerprint density at radius 3 is 2.84 bits per heavy atom. The van der Waals surface area contributed by atoms with E-state index in [0.29, 0.717) is 57.0 Å². The molecule has 0 saturated heterocycles. The second-order valence-corrected chi connectivity index (χ2v) is 11.9. The van der Waals surface area contributed by atoms with Crippen molar-refractivity contribution >= 4 is 63.2 Å². The van der Waals surface area contributed by atoms with E-state index >= 15 is 0 Å². The third kappa shape index (κ3) is 6.83. The number of carbonyl (C=O) groups is 2. The molecule has 204 valence electrons. The number of esters is 1. The van der Waals surface area contributed by atoms with E-state index in [1.807, 2.05) is 11.5 Å². The molecule has 2 heterocycles. The predicted molar refractivity (Wildman–Crippen MR) is 152 cm³/mol. The van der Waals surface area contributed by atoms with Crippen LogP contribution in [0.5, 0.6) is 5.75 Å². The molecule has 1 unspecified atom stereocenters. The van der Waals surface area contributed by atoms with Crippen molar-refractivity contribution < 1.29 is 19.1 Å². The number of aromatic nitrogens is 3. The first-order valence-corrected chi connectivity index (χ1v) is 15.0. The Bertz CT molecular complexity index is 1310. The number of thiophene rings is 1. The summed E-state index contributed by atoms with van der Waals surface area (Å²) in [6.07, 6.45) is 4.14. The van der Waals surface area contributed by atoms with Gasteiger partial charge in [-0.3, -0.25) is 4.79 Å². The number of aryl methyl sites for hydroxylation is 1. The van der Waals surface area contributed by atoms with Gasteiger partial charge in [0.2, 0.25) is 5.91 Å². The largest absolute Gasteiger partial charge is 0.492 e. The molecule has 0 aliphatic heterocycles. The zero-order valence-electron chi connectivity index (χ0n) is 21.5. The number of nitrogens with zero attached hydrogens (tertiary/aromatic N) is 3. The summed E-state index contributed by atoms with van der Waals surface area (Å²) in [4.78, 5) is 26.5. The Kier molecular flexibility index (Phi) is 9.97. The zero-order chi connectivity index (χ0) is 27.2. The lowest BCUT2D eigenvalue weighted by atomic mass is 9.88. The number of ether oxygens (including phenoxy) is 2. The molecular formula is C26H30Cl2N4O4S2. The van der Waals surface area contributed by atoms with E-state index in [0.717, 1.165) is 41.9 Å². The maximum atomic E-state index is 12.9. The normalized spacial score (nSPS) is 14.7. The van der Waals surface area contributed by atoms with E-state index in [1.54, 1.807) is 18.2 Å². The Morgan fingerprint density at radius 2 is 2.11 bits per heavy atom. The number of amides is 1. The highest BCUT2D eigenvalue weighted by molar-refractivity contribution is 7.99. The lowest BCUT2D eigenvalue weighted by Crippen LogP contribution is -2.17. The lowest BCUT2D eigenvalue weighted by molar-refractivity contribution is -0.113. The van der Waals surface area contributed by atoms with Gasteiger partial charge in [0.1, 0.15) is 16.6 Å². The number of nitrogens with one attached hydrogen (secondary N) is 1. The van der Waals surface area contributed by atoms with Gasteiger partial charge in [0.05, 0.1) is 30.1 Å². The molecule has 3 aromatic rings. The molecule has 0 bridgehead atoms. The van der Waals surface area contributed by atoms with Crippen molar-refractivity contribution in [1.29, 1.82) is 0 Å². The van der Waals surface area contributed by atoms with Gasteiger partial charge in [-0.25, -0.2) is 4.79 Å². The minimum Gasteiger partial charge on any atom is -0.492 e. The summed E-state index contributed by atoms with van der Waals surface area (Å²) in [6, 6.07) is 5.13. The van der Waals surface area contributed by atoms with Crippen LogP contribution in [0.1, 0.15) is 53.3 Å². The number of thioether (sulfide) groups is 1. The van der Waals surface area contributed by atoms with Crippen LogP contribution in [0.15, 0.2) is 23.4 Å². The van der Waals surface area contributed by atoms with Crippen molar-refractivity contribution in [3.63, 3.8) is 0 Å². The average Bonchev–Trinajstić information content (AvgIpc) is 3.45. The Hall–Kier alpha value is -2.27. The van der Waals surface area contributed by atoms with Gasteiger partial charge < -0.3 is 19.4 Å². The van der Waals surface area contributed by atoms with Gasteiger partial charge >= 0.3 is 5.97 Å². The van der Waals surface area contributed by atoms with Crippen LogP contribution in [0.3, 0.4) is 0 Å². The van der Waals surface area contributed by atoms with Gasteiger partial charge in [-0.2, -0.15) is 0 Å². The summed E-state index contributed by atoms with van der Waals surface area (Å²) in [6.45, 7) is 5.37. The summed E-state index contributed by atoms with van der Waals surface area (Å²) >= 11 is 14.9. The molecule has 0 spiro atoms. The number of benzene rings is 1. The summed E-state index contributed by atoms with van der Waals surface area (Å²) in [5.74, 6) is 1.52. The van der Waals surface area contributed by atoms with E-state index in [4.69, 9.17) is 32.7 Å². The fraction of sp³-hybridized carbons (Fsp3) is 0.462. The smallest absolute Gasteiger partial charge is 0.341 e. The number of rotatable bonds is 11. The average molecular weight is 598 g/mol. The van der Waals surface area contributed by atoms with Crippen LogP contribution in [0.25, 0.3) is 0 Å². The first-order valence-electron chi connectivity index (χ1n) is 12.5. The maximum Gasteiger partial charge on any atom is 0.341 e. The first-order chi connectivity index (χ1) is 18.3. The Balaban J connectivity index is 1.33. The van der Waals surface area contributed by atoms with Crippen molar-refractivity contribution in [3.05, 3.63) is 50.1 Å². The molecule has 1 atom stereocenters. The fourth-order valence-electron chi connectivity index (χ4n) is 4.38. The summed E-state index contributed by atoms with van der Waals surface area (Å²) in [7, 11) is 1.37. The number of hydrogen-bond donors (Lipinski definition) is 1. The quantitative estimate of drug-likeness (QED) is 0.157. The van der Waals surface area contributed by atoms with Crippen molar-refractivity contribution in [3.8, 4) is 5.75 Å². The number of methoxy groups -OCH3 is 1. The van der Waals surface area contributed by atoms with Crippen LogP contribution >= 0.6 is 46.3 Å². The monoisotopic (exact) mass is 596 g/mol.